The van der Waals surface area contributed by atoms with Crippen molar-refractivity contribution in [2.75, 3.05) is 44.2 Å². The Morgan fingerprint density at radius 3 is 2.79 bits per heavy atom. The minimum Gasteiger partial charge on any atom is -0.462 e. The second-order valence-electron chi connectivity index (χ2n) is 11.7. The van der Waals surface area contributed by atoms with E-state index in [4.69, 9.17) is 26.3 Å². The molecule has 3 heterocycles. The van der Waals surface area contributed by atoms with Crippen molar-refractivity contribution in [2.45, 2.75) is 69.6 Å². The van der Waals surface area contributed by atoms with E-state index in [1.165, 1.54) is 4.90 Å². The van der Waals surface area contributed by atoms with Crippen LogP contribution < -0.4 is 9.64 Å². The van der Waals surface area contributed by atoms with Crippen LogP contribution in [0.3, 0.4) is 0 Å². The highest BCUT2D eigenvalue weighted by molar-refractivity contribution is 7.17. The van der Waals surface area contributed by atoms with Gasteiger partial charge in [0.25, 0.3) is 5.91 Å². The summed E-state index contributed by atoms with van der Waals surface area (Å²) >= 11 is 6.46. The Labute approximate surface area is 261 Å². The molecular formula is C32H41ClFN6O2P. The SMILES string of the molecule is C=C(F)C(=O)N1CCN(c2nc(OCC3CCCN3CC)nc3c2CCC(CCc2ccccc2Cl)C3P)CC1CC#N. The van der Waals surface area contributed by atoms with E-state index in [0.717, 1.165) is 79.3 Å². The normalized spacial score (nSPS) is 24.0. The minimum absolute atomic E-state index is 0.0943. The van der Waals surface area contributed by atoms with Gasteiger partial charge in [0.1, 0.15) is 12.4 Å². The lowest BCUT2D eigenvalue weighted by Gasteiger charge is -2.42. The van der Waals surface area contributed by atoms with E-state index >= 15 is 0 Å². The third-order valence-corrected chi connectivity index (χ3v) is 10.5. The Hall–Kier alpha value is -2.79. The second-order valence-corrected chi connectivity index (χ2v) is 12.9. The zero-order chi connectivity index (χ0) is 30.5. The fraction of sp³-hybridized carbons (Fsp3) is 0.562. The van der Waals surface area contributed by atoms with Crippen molar-refractivity contribution in [1.82, 2.24) is 19.8 Å². The van der Waals surface area contributed by atoms with Crippen molar-refractivity contribution in [3.05, 3.63) is 58.5 Å². The number of rotatable bonds is 10. The number of hydrogen-bond acceptors (Lipinski definition) is 7. The monoisotopic (exact) mass is 626 g/mol. The molecule has 1 amide bonds. The van der Waals surface area contributed by atoms with Crippen LogP contribution in [0.5, 0.6) is 6.01 Å². The number of aryl methyl sites for hydroxylation is 1. The first-order chi connectivity index (χ1) is 20.8. The molecule has 8 nitrogen and oxygen atoms in total. The molecule has 230 valence electrons. The van der Waals surface area contributed by atoms with Gasteiger partial charge < -0.3 is 14.5 Å². The van der Waals surface area contributed by atoms with Crippen LogP contribution in [-0.4, -0.2) is 77.1 Å². The number of benzene rings is 1. The summed E-state index contributed by atoms with van der Waals surface area (Å²) in [4.78, 5) is 28.4. The largest absolute Gasteiger partial charge is 0.462 e. The summed E-state index contributed by atoms with van der Waals surface area (Å²) in [7, 11) is 3.03. The van der Waals surface area contributed by atoms with Gasteiger partial charge in [-0.25, -0.2) is 4.39 Å². The predicted molar refractivity (Wildman–Crippen MR) is 170 cm³/mol. The van der Waals surface area contributed by atoms with Gasteiger partial charge in [-0.2, -0.15) is 15.2 Å². The molecule has 0 saturated carbocycles. The average Bonchev–Trinajstić information content (AvgIpc) is 3.48. The number of anilines is 1. The number of piperazine rings is 1. The maximum absolute atomic E-state index is 13.8. The van der Waals surface area contributed by atoms with Gasteiger partial charge in [0.05, 0.1) is 24.2 Å². The molecule has 1 aromatic heterocycles. The molecule has 2 saturated heterocycles. The van der Waals surface area contributed by atoms with Gasteiger partial charge in [-0.05, 0) is 69.2 Å². The third-order valence-electron chi connectivity index (χ3n) is 9.24. The van der Waals surface area contributed by atoms with Crippen LogP contribution in [0.2, 0.25) is 5.02 Å². The Kier molecular flexibility index (Phi) is 10.5. The number of nitrogens with zero attached hydrogens (tertiary/aromatic N) is 6. The summed E-state index contributed by atoms with van der Waals surface area (Å²) in [5.74, 6) is -0.568. The first-order valence-corrected chi connectivity index (χ1v) is 16.4. The first kappa shape index (κ1) is 31.6. The minimum atomic E-state index is -1.01. The van der Waals surface area contributed by atoms with Crippen LogP contribution in [-0.2, 0) is 17.6 Å². The number of ether oxygens (including phenoxy) is 1. The van der Waals surface area contributed by atoms with Crippen molar-refractivity contribution < 1.29 is 13.9 Å². The van der Waals surface area contributed by atoms with Gasteiger partial charge in [-0.1, -0.05) is 43.3 Å². The highest BCUT2D eigenvalue weighted by atomic mass is 35.5. The summed E-state index contributed by atoms with van der Waals surface area (Å²) in [5.41, 5.74) is 3.33. The van der Waals surface area contributed by atoms with E-state index < -0.39 is 17.8 Å². The number of carbonyl (C=O) groups is 1. The molecule has 0 spiro atoms. The predicted octanol–water partition coefficient (Wildman–Crippen LogP) is 5.52. The maximum atomic E-state index is 13.8. The molecule has 3 aliphatic rings. The number of likely N-dealkylation sites (N-methyl/N-ethyl adjacent to an activating group) is 1. The van der Waals surface area contributed by atoms with Crippen LogP contribution in [0.15, 0.2) is 36.7 Å². The van der Waals surface area contributed by atoms with E-state index in [1.807, 2.05) is 18.2 Å². The number of halogens is 2. The number of likely N-dealkylation sites (tertiary alicyclic amines) is 1. The van der Waals surface area contributed by atoms with E-state index in [-0.39, 0.29) is 18.6 Å². The van der Waals surface area contributed by atoms with Gasteiger partial charge in [0.2, 0.25) is 0 Å². The molecular weight excluding hydrogens is 586 g/mol. The summed E-state index contributed by atoms with van der Waals surface area (Å²) in [5, 5.41) is 10.3. The molecule has 0 N–H and O–H groups in total. The molecule has 0 radical (unpaired) electrons. The quantitative estimate of drug-likeness (QED) is 0.254. The van der Waals surface area contributed by atoms with Crippen LogP contribution >= 0.6 is 20.8 Å². The lowest BCUT2D eigenvalue weighted by molar-refractivity contribution is -0.131. The van der Waals surface area contributed by atoms with Gasteiger partial charge in [0, 0.05) is 41.9 Å². The van der Waals surface area contributed by atoms with E-state index in [2.05, 4.69) is 44.7 Å². The number of aromatic nitrogens is 2. The van der Waals surface area contributed by atoms with Gasteiger partial charge in [-0.15, -0.1) is 9.24 Å². The molecule has 5 atom stereocenters. The number of carbonyl (C=O) groups excluding carboxylic acids is 1. The number of nitriles is 1. The van der Waals surface area contributed by atoms with Crippen LogP contribution in [0, 0.1) is 17.2 Å². The molecule has 2 aliphatic heterocycles. The average molecular weight is 627 g/mol. The lowest BCUT2D eigenvalue weighted by atomic mass is 9.82. The molecule has 1 aromatic carbocycles. The topological polar surface area (TPSA) is 85.6 Å². The Morgan fingerprint density at radius 1 is 1.23 bits per heavy atom. The van der Waals surface area contributed by atoms with Crippen LogP contribution in [0.4, 0.5) is 10.2 Å². The lowest BCUT2D eigenvalue weighted by Crippen LogP contribution is -2.55. The number of amides is 1. The van der Waals surface area contributed by atoms with Crippen LogP contribution in [0.1, 0.15) is 61.5 Å². The molecule has 5 rings (SSSR count). The van der Waals surface area contributed by atoms with Crippen molar-refractivity contribution in [3.63, 3.8) is 0 Å². The molecule has 11 heteroatoms. The maximum Gasteiger partial charge on any atom is 0.318 e. The summed E-state index contributed by atoms with van der Waals surface area (Å²) < 4.78 is 20.1. The zero-order valence-electron chi connectivity index (χ0n) is 24.9. The smallest absolute Gasteiger partial charge is 0.318 e. The van der Waals surface area contributed by atoms with E-state index in [0.29, 0.717) is 37.7 Å². The van der Waals surface area contributed by atoms with Crippen molar-refractivity contribution in [2.24, 2.45) is 5.92 Å². The molecule has 5 unspecified atom stereocenters. The van der Waals surface area contributed by atoms with E-state index in [1.54, 1.807) is 0 Å². The summed E-state index contributed by atoms with van der Waals surface area (Å²) in [6.45, 7) is 9.07. The fourth-order valence-electron chi connectivity index (χ4n) is 6.83. The number of hydrogen-bond donors (Lipinski definition) is 0. The number of fused-ring (bicyclic) bond motifs is 1. The van der Waals surface area contributed by atoms with Crippen molar-refractivity contribution in [3.8, 4) is 12.1 Å². The standard InChI is InChI=1S/C32H41ClFN6O2P/c1-3-38-16-6-8-25(38)20-42-32-36-28-26(13-12-23(29(28)43)11-10-22-7-4-5-9-27(22)33)30(37-32)39-17-18-40(31(41)21(2)34)24(19-39)14-15-35/h4-5,7,9,23-25,29H,2-3,6,8,10-14,16-20,43H2,1H3. The Bertz CT molecular complexity index is 1370. The summed E-state index contributed by atoms with van der Waals surface area (Å²) in [6.07, 6.45) is 6.03. The van der Waals surface area contributed by atoms with Crippen molar-refractivity contribution >= 4 is 32.6 Å². The zero-order valence-corrected chi connectivity index (χ0v) is 26.8. The third kappa shape index (κ3) is 7.14. The highest BCUT2D eigenvalue weighted by Gasteiger charge is 2.37. The fourth-order valence-corrected chi connectivity index (χ4v) is 7.72. The molecule has 43 heavy (non-hydrogen) atoms. The summed E-state index contributed by atoms with van der Waals surface area (Å²) in [6, 6.07) is 10.4. The van der Waals surface area contributed by atoms with Crippen LogP contribution in [0.25, 0.3) is 0 Å². The first-order valence-electron chi connectivity index (χ1n) is 15.3. The van der Waals surface area contributed by atoms with Gasteiger partial charge >= 0.3 is 6.01 Å². The molecule has 2 fully saturated rings. The van der Waals surface area contributed by atoms with E-state index in [9.17, 15) is 14.4 Å². The highest BCUT2D eigenvalue weighted by Crippen LogP contribution is 2.45. The van der Waals surface area contributed by atoms with Crippen molar-refractivity contribution in [1.29, 1.82) is 5.26 Å². The second kappa shape index (κ2) is 14.3. The Balaban J connectivity index is 1.42. The Morgan fingerprint density at radius 2 is 2.05 bits per heavy atom. The van der Waals surface area contributed by atoms with Gasteiger partial charge in [-0.3, -0.25) is 9.69 Å². The molecule has 2 aromatic rings. The molecule has 1 aliphatic carbocycles. The van der Waals surface area contributed by atoms with Gasteiger partial charge in [0.15, 0.2) is 5.83 Å². The molecule has 0 bridgehead atoms.